The summed E-state index contributed by atoms with van der Waals surface area (Å²) < 4.78 is 4.84. The molecule has 20 heavy (non-hydrogen) atoms. The third kappa shape index (κ3) is 2.07. The summed E-state index contributed by atoms with van der Waals surface area (Å²) in [5.74, 6) is -0.664. The highest BCUT2D eigenvalue weighted by molar-refractivity contribution is 6.10. The Hall–Kier alpha value is -2.56. The normalized spacial score (nSPS) is 18.0. The Morgan fingerprint density at radius 3 is 2.65 bits per heavy atom. The Morgan fingerprint density at radius 1 is 1.20 bits per heavy atom. The molecule has 1 aliphatic heterocycles. The molecule has 5 heteroatoms. The largest absolute Gasteiger partial charge is 0.464 e. The van der Waals surface area contributed by atoms with Gasteiger partial charge in [-0.15, -0.1) is 0 Å². The highest BCUT2D eigenvalue weighted by Crippen LogP contribution is 2.24. The first-order chi connectivity index (χ1) is 9.66. The number of cyclic esters (lactones) is 1. The number of amides is 1. The van der Waals surface area contributed by atoms with E-state index in [0.717, 1.165) is 10.8 Å². The third-order valence-electron chi connectivity index (χ3n) is 3.44. The van der Waals surface area contributed by atoms with Gasteiger partial charge in [0.15, 0.2) is 0 Å². The number of carbonyl (C=O) groups is 2. The van der Waals surface area contributed by atoms with Crippen LogP contribution in [0.2, 0.25) is 0 Å². The molecule has 1 unspecified atom stereocenters. The number of hydrogen-bond donors (Lipinski definition) is 2. The summed E-state index contributed by atoms with van der Waals surface area (Å²) in [6, 6.07) is 10.2. The second kappa shape index (κ2) is 4.85. The van der Waals surface area contributed by atoms with Crippen molar-refractivity contribution in [3.8, 4) is 0 Å². The van der Waals surface area contributed by atoms with E-state index < -0.39 is 6.04 Å². The van der Waals surface area contributed by atoms with E-state index in [1.807, 2.05) is 24.3 Å². The van der Waals surface area contributed by atoms with Crippen molar-refractivity contribution in [3.63, 3.8) is 0 Å². The molecule has 0 aliphatic carbocycles. The molecule has 1 atom stereocenters. The average molecular weight is 270 g/mol. The van der Waals surface area contributed by atoms with Gasteiger partial charge in [0, 0.05) is 23.1 Å². The molecule has 102 valence electrons. The number of nitrogens with two attached hydrogens (primary N) is 1. The van der Waals surface area contributed by atoms with Gasteiger partial charge in [0.05, 0.1) is 6.61 Å². The highest BCUT2D eigenvalue weighted by Gasteiger charge is 2.28. The minimum atomic E-state index is -0.557. The zero-order valence-electron chi connectivity index (χ0n) is 10.8. The zero-order chi connectivity index (χ0) is 14.1. The van der Waals surface area contributed by atoms with Gasteiger partial charge in [-0.3, -0.25) is 4.79 Å². The first kappa shape index (κ1) is 12.5. The third-order valence-corrected chi connectivity index (χ3v) is 3.44. The molecule has 3 rings (SSSR count). The van der Waals surface area contributed by atoms with Gasteiger partial charge in [-0.2, -0.15) is 0 Å². The Morgan fingerprint density at radius 2 is 1.95 bits per heavy atom. The van der Waals surface area contributed by atoms with Crippen LogP contribution in [0.4, 0.5) is 5.69 Å². The predicted octanol–water partition coefficient (Wildman–Crippen LogP) is 1.47. The van der Waals surface area contributed by atoms with Crippen LogP contribution >= 0.6 is 0 Å². The Kier molecular flexibility index (Phi) is 3.02. The fourth-order valence-corrected chi connectivity index (χ4v) is 2.38. The number of hydrogen-bond acceptors (Lipinski definition) is 4. The number of nitrogens with one attached hydrogen (secondary N) is 1. The molecule has 0 spiro atoms. The van der Waals surface area contributed by atoms with Crippen LogP contribution in [0.25, 0.3) is 10.8 Å². The van der Waals surface area contributed by atoms with E-state index in [0.29, 0.717) is 24.3 Å². The molecular weight excluding hydrogens is 256 g/mol. The van der Waals surface area contributed by atoms with Crippen LogP contribution in [0.1, 0.15) is 16.8 Å². The Bertz CT molecular complexity index is 697. The summed E-state index contributed by atoms with van der Waals surface area (Å²) in [6.45, 7) is 0.353. The van der Waals surface area contributed by atoms with Crippen LogP contribution < -0.4 is 11.1 Å². The smallest absolute Gasteiger partial charge is 0.328 e. The summed E-state index contributed by atoms with van der Waals surface area (Å²) in [6.07, 6.45) is 0.511. The first-order valence-electron chi connectivity index (χ1n) is 6.41. The van der Waals surface area contributed by atoms with Crippen LogP contribution in [0.15, 0.2) is 36.4 Å². The van der Waals surface area contributed by atoms with E-state index in [1.54, 1.807) is 12.1 Å². The number of benzene rings is 2. The quantitative estimate of drug-likeness (QED) is 0.639. The van der Waals surface area contributed by atoms with Crippen molar-refractivity contribution in [3.05, 3.63) is 42.0 Å². The summed E-state index contributed by atoms with van der Waals surface area (Å²) >= 11 is 0. The zero-order valence-corrected chi connectivity index (χ0v) is 10.8. The predicted molar refractivity (Wildman–Crippen MR) is 75.2 cm³/mol. The molecule has 0 radical (unpaired) electrons. The molecule has 2 aromatic carbocycles. The summed E-state index contributed by atoms with van der Waals surface area (Å²) in [5, 5.41) is 4.30. The van der Waals surface area contributed by atoms with Crippen molar-refractivity contribution in [2.45, 2.75) is 12.5 Å². The first-order valence-corrected chi connectivity index (χ1v) is 6.41. The lowest BCUT2D eigenvalue weighted by Gasteiger charge is -2.11. The molecule has 2 aromatic rings. The maximum atomic E-state index is 12.3. The number of rotatable bonds is 2. The molecular formula is C15H14N2O3. The van der Waals surface area contributed by atoms with Crippen molar-refractivity contribution in [2.24, 2.45) is 0 Å². The topological polar surface area (TPSA) is 81.4 Å². The number of anilines is 1. The molecule has 5 nitrogen and oxygen atoms in total. The minimum Gasteiger partial charge on any atom is -0.464 e. The molecule has 1 fully saturated rings. The summed E-state index contributed by atoms with van der Waals surface area (Å²) in [5.41, 5.74) is 7.04. The van der Waals surface area contributed by atoms with E-state index in [1.165, 1.54) is 0 Å². The molecule has 1 heterocycles. The van der Waals surface area contributed by atoms with Crippen LogP contribution in [-0.4, -0.2) is 24.5 Å². The number of fused-ring (bicyclic) bond motifs is 1. The van der Waals surface area contributed by atoms with Gasteiger partial charge in [-0.1, -0.05) is 24.3 Å². The van der Waals surface area contributed by atoms with Crippen molar-refractivity contribution < 1.29 is 14.3 Å². The molecule has 0 saturated carbocycles. The maximum absolute atomic E-state index is 12.3. The molecule has 0 bridgehead atoms. The van der Waals surface area contributed by atoms with Crippen LogP contribution in [0.5, 0.6) is 0 Å². The van der Waals surface area contributed by atoms with E-state index in [-0.39, 0.29) is 11.9 Å². The second-order valence-electron chi connectivity index (χ2n) is 4.73. The second-order valence-corrected chi connectivity index (χ2v) is 4.73. The van der Waals surface area contributed by atoms with Gasteiger partial charge in [-0.25, -0.2) is 4.79 Å². The van der Waals surface area contributed by atoms with Crippen LogP contribution in [0.3, 0.4) is 0 Å². The van der Waals surface area contributed by atoms with Crippen molar-refractivity contribution in [2.75, 3.05) is 12.3 Å². The number of carbonyl (C=O) groups excluding carboxylic acids is 2. The van der Waals surface area contributed by atoms with Gasteiger partial charge in [0.1, 0.15) is 6.04 Å². The SMILES string of the molecule is Nc1ccc(C(=O)NC2CCOC2=O)c2ccccc12. The monoisotopic (exact) mass is 270 g/mol. The summed E-state index contributed by atoms with van der Waals surface area (Å²) in [4.78, 5) is 23.7. The molecule has 3 N–H and O–H groups in total. The molecule has 1 aliphatic rings. The van der Waals surface area contributed by atoms with E-state index >= 15 is 0 Å². The Balaban J connectivity index is 1.96. The van der Waals surface area contributed by atoms with E-state index in [9.17, 15) is 9.59 Å². The summed E-state index contributed by atoms with van der Waals surface area (Å²) in [7, 11) is 0. The number of esters is 1. The van der Waals surface area contributed by atoms with Crippen molar-refractivity contribution in [1.82, 2.24) is 5.32 Å². The number of ether oxygens (including phenoxy) is 1. The van der Waals surface area contributed by atoms with Gasteiger partial charge in [-0.05, 0) is 17.5 Å². The fraction of sp³-hybridized carbons (Fsp3) is 0.200. The highest BCUT2D eigenvalue weighted by atomic mass is 16.5. The van der Waals surface area contributed by atoms with Crippen LogP contribution in [-0.2, 0) is 9.53 Å². The molecule has 1 amide bonds. The van der Waals surface area contributed by atoms with Crippen LogP contribution in [0, 0.1) is 0 Å². The van der Waals surface area contributed by atoms with Gasteiger partial charge in [0.25, 0.3) is 5.91 Å². The Labute approximate surface area is 115 Å². The molecule has 1 saturated heterocycles. The minimum absolute atomic E-state index is 0.287. The van der Waals surface area contributed by atoms with Gasteiger partial charge >= 0.3 is 5.97 Å². The lowest BCUT2D eigenvalue weighted by molar-refractivity contribution is -0.139. The van der Waals surface area contributed by atoms with E-state index in [2.05, 4.69) is 5.32 Å². The van der Waals surface area contributed by atoms with Crippen molar-refractivity contribution >= 4 is 28.3 Å². The maximum Gasteiger partial charge on any atom is 0.328 e. The van der Waals surface area contributed by atoms with Gasteiger partial charge < -0.3 is 15.8 Å². The standard InChI is InChI=1S/C15H14N2O3/c16-12-6-5-11(9-3-1-2-4-10(9)12)14(18)17-13-7-8-20-15(13)19/h1-6,13H,7-8,16H2,(H,17,18). The van der Waals surface area contributed by atoms with Gasteiger partial charge in [0.2, 0.25) is 0 Å². The average Bonchev–Trinajstić information content (AvgIpc) is 2.85. The van der Waals surface area contributed by atoms with E-state index in [4.69, 9.17) is 10.5 Å². The lowest BCUT2D eigenvalue weighted by atomic mass is 10.0. The molecule has 0 aromatic heterocycles. The van der Waals surface area contributed by atoms with Crippen molar-refractivity contribution in [1.29, 1.82) is 0 Å². The number of nitrogen functional groups attached to an aromatic ring is 1. The fourth-order valence-electron chi connectivity index (χ4n) is 2.38. The lowest BCUT2D eigenvalue weighted by Crippen LogP contribution is -2.38.